The maximum atomic E-state index is 5.02. The lowest BCUT2D eigenvalue weighted by molar-refractivity contribution is 1.17. The third-order valence-corrected chi connectivity index (χ3v) is 6.77. The Hall–Kier alpha value is -5.55. The summed E-state index contributed by atoms with van der Waals surface area (Å²) in [7, 11) is 0. The van der Waals surface area contributed by atoms with Crippen molar-refractivity contribution in [2.24, 2.45) is 0 Å². The molecule has 0 fully saturated rings. The number of nitrogens with zero attached hydrogens (tertiary/aromatic N) is 5. The predicted molar refractivity (Wildman–Crippen MR) is 160 cm³/mol. The van der Waals surface area contributed by atoms with Crippen LogP contribution >= 0.6 is 0 Å². The van der Waals surface area contributed by atoms with Crippen LogP contribution in [0.25, 0.3) is 67.5 Å². The zero-order valence-electron chi connectivity index (χ0n) is 21.5. The smallest absolute Gasteiger partial charge is 0.162 e. The zero-order chi connectivity index (χ0) is 26.7. The summed E-state index contributed by atoms with van der Waals surface area (Å²) in [6.45, 7) is 0. The van der Waals surface area contributed by atoms with E-state index in [0.29, 0.717) is 11.6 Å². The Morgan fingerprint density at radius 3 is 1.65 bits per heavy atom. The molecule has 0 aliphatic heterocycles. The maximum absolute atomic E-state index is 5.02. The number of pyridine rings is 1. The number of benzene rings is 4. The molecular weight excluding hydrogens is 490 g/mol. The van der Waals surface area contributed by atoms with E-state index in [0.717, 1.165) is 55.8 Å². The van der Waals surface area contributed by atoms with E-state index in [-0.39, 0.29) is 0 Å². The summed E-state index contributed by atoms with van der Waals surface area (Å²) >= 11 is 0. The first-order chi connectivity index (χ1) is 19.8. The quantitative estimate of drug-likeness (QED) is 0.232. The fourth-order valence-electron chi connectivity index (χ4n) is 4.79. The van der Waals surface area contributed by atoms with Crippen LogP contribution in [0.2, 0.25) is 0 Å². The van der Waals surface area contributed by atoms with Crippen molar-refractivity contribution >= 4 is 10.9 Å². The van der Waals surface area contributed by atoms with E-state index in [2.05, 4.69) is 41.4 Å². The molecule has 7 aromatic rings. The van der Waals surface area contributed by atoms with Crippen LogP contribution in [-0.4, -0.2) is 24.9 Å². The molecule has 5 heteroatoms. The highest BCUT2D eigenvalue weighted by Gasteiger charge is 2.14. The highest BCUT2D eigenvalue weighted by atomic mass is 14.9. The number of aromatic nitrogens is 5. The molecule has 0 N–H and O–H groups in total. The van der Waals surface area contributed by atoms with Crippen LogP contribution in [0.15, 0.2) is 140 Å². The molecule has 0 saturated heterocycles. The Kier molecular flexibility index (Phi) is 6.07. The molecule has 5 nitrogen and oxygen atoms in total. The van der Waals surface area contributed by atoms with Crippen LogP contribution in [0, 0.1) is 0 Å². The van der Waals surface area contributed by atoms with Crippen molar-refractivity contribution in [3.8, 4) is 56.5 Å². The number of rotatable bonds is 5. The van der Waals surface area contributed by atoms with Gasteiger partial charge in [-0.2, -0.15) is 0 Å². The van der Waals surface area contributed by atoms with E-state index in [1.165, 1.54) is 0 Å². The second-order valence-electron chi connectivity index (χ2n) is 9.44. The molecule has 0 bridgehead atoms. The third-order valence-electron chi connectivity index (χ3n) is 6.77. The first-order valence-corrected chi connectivity index (χ1v) is 13.1. The van der Waals surface area contributed by atoms with Gasteiger partial charge in [0, 0.05) is 45.6 Å². The van der Waals surface area contributed by atoms with Crippen LogP contribution in [0.5, 0.6) is 0 Å². The number of hydrogen-bond acceptors (Lipinski definition) is 5. The van der Waals surface area contributed by atoms with E-state index >= 15 is 0 Å². The molecular formula is C35H23N5. The Bertz CT molecular complexity index is 1880. The SMILES string of the molecule is c1ccc(-c2cc(-c3cncc(-c4nc(-c5ccccc5)c5ccccc5n4)c3)nc(-c3ccccc3)n2)cc1. The first-order valence-electron chi connectivity index (χ1n) is 13.1. The maximum Gasteiger partial charge on any atom is 0.162 e. The molecule has 0 radical (unpaired) electrons. The summed E-state index contributed by atoms with van der Waals surface area (Å²) in [5.74, 6) is 1.28. The molecule has 0 aliphatic rings. The minimum Gasteiger partial charge on any atom is -0.263 e. The molecule has 40 heavy (non-hydrogen) atoms. The summed E-state index contributed by atoms with van der Waals surface area (Å²) in [5, 5.41) is 1.01. The van der Waals surface area contributed by atoms with Gasteiger partial charge in [-0.05, 0) is 18.2 Å². The van der Waals surface area contributed by atoms with Gasteiger partial charge in [-0.25, -0.2) is 19.9 Å². The lowest BCUT2D eigenvalue weighted by Crippen LogP contribution is -1.98. The molecule has 0 atom stereocenters. The molecule has 0 spiro atoms. The monoisotopic (exact) mass is 513 g/mol. The minimum atomic E-state index is 0.618. The fraction of sp³-hybridized carbons (Fsp3) is 0. The fourth-order valence-corrected chi connectivity index (χ4v) is 4.79. The molecule has 0 unspecified atom stereocenters. The molecule has 3 heterocycles. The van der Waals surface area contributed by atoms with Crippen molar-refractivity contribution in [2.75, 3.05) is 0 Å². The van der Waals surface area contributed by atoms with Crippen molar-refractivity contribution in [1.29, 1.82) is 0 Å². The average Bonchev–Trinajstić information content (AvgIpc) is 3.05. The van der Waals surface area contributed by atoms with Crippen LogP contribution in [0.4, 0.5) is 0 Å². The van der Waals surface area contributed by atoms with E-state index < -0.39 is 0 Å². The molecule has 0 saturated carbocycles. The van der Waals surface area contributed by atoms with Crippen molar-refractivity contribution in [3.63, 3.8) is 0 Å². The van der Waals surface area contributed by atoms with Gasteiger partial charge in [-0.1, -0.05) is 109 Å². The van der Waals surface area contributed by atoms with Gasteiger partial charge in [0.25, 0.3) is 0 Å². The minimum absolute atomic E-state index is 0.618. The van der Waals surface area contributed by atoms with Gasteiger partial charge < -0.3 is 0 Å². The third kappa shape index (κ3) is 4.61. The van der Waals surface area contributed by atoms with E-state index in [9.17, 15) is 0 Å². The Morgan fingerprint density at radius 2 is 0.925 bits per heavy atom. The van der Waals surface area contributed by atoms with Gasteiger partial charge >= 0.3 is 0 Å². The Morgan fingerprint density at radius 1 is 0.375 bits per heavy atom. The standard InChI is InChI=1S/C35H23N5/c1-4-12-24(13-5-1)31-21-32(39-34(38-31)26-16-8-3-9-17-26)27-20-28(23-36-22-27)35-37-30-19-11-10-18-29(30)33(40-35)25-14-6-2-7-15-25/h1-23H. The lowest BCUT2D eigenvalue weighted by atomic mass is 10.0. The van der Waals surface area contributed by atoms with E-state index in [4.69, 9.17) is 19.9 Å². The summed E-state index contributed by atoms with van der Waals surface area (Å²) < 4.78 is 0. The molecule has 3 aromatic heterocycles. The number of para-hydroxylation sites is 1. The highest BCUT2D eigenvalue weighted by Crippen LogP contribution is 2.31. The second kappa shape index (κ2) is 10.3. The number of fused-ring (bicyclic) bond motifs is 1. The summed E-state index contributed by atoms with van der Waals surface area (Å²) in [6, 6.07) is 42.6. The largest absolute Gasteiger partial charge is 0.263 e. The Balaban J connectivity index is 1.38. The Labute approximate surface area is 231 Å². The van der Waals surface area contributed by atoms with Crippen LogP contribution in [-0.2, 0) is 0 Å². The summed E-state index contributed by atoms with van der Waals surface area (Å²) in [4.78, 5) is 24.4. The highest BCUT2D eigenvalue weighted by molar-refractivity contribution is 5.93. The topological polar surface area (TPSA) is 64.5 Å². The van der Waals surface area contributed by atoms with Crippen molar-refractivity contribution in [3.05, 3.63) is 140 Å². The molecule has 188 valence electrons. The van der Waals surface area contributed by atoms with Gasteiger partial charge in [0.2, 0.25) is 0 Å². The summed E-state index contributed by atoms with van der Waals surface area (Å²) in [6.07, 6.45) is 3.63. The molecule has 4 aromatic carbocycles. The van der Waals surface area contributed by atoms with Crippen LogP contribution < -0.4 is 0 Å². The first kappa shape index (κ1) is 23.6. The molecule has 7 rings (SSSR count). The van der Waals surface area contributed by atoms with Crippen LogP contribution in [0.3, 0.4) is 0 Å². The zero-order valence-corrected chi connectivity index (χ0v) is 21.5. The second-order valence-corrected chi connectivity index (χ2v) is 9.44. The predicted octanol–water partition coefficient (Wildman–Crippen LogP) is 8.15. The number of hydrogen-bond donors (Lipinski definition) is 0. The summed E-state index contributed by atoms with van der Waals surface area (Å²) in [5.41, 5.74) is 8.13. The van der Waals surface area contributed by atoms with Gasteiger partial charge in [0.15, 0.2) is 11.6 Å². The van der Waals surface area contributed by atoms with E-state index in [1.54, 1.807) is 6.20 Å². The van der Waals surface area contributed by atoms with Crippen molar-refractivity contribution < 1.29 is 0 Å². The lowest BCUT2D eigenvalue weighted by Gasteiger charge is -2.11. The van der Waals surface area contributed by atoms with Crippen molar-refractivity contribution in [1.82, 2.24) is 24.9 Å². The van der Waals surface area contributed by atoms with Gasteiger partial charge in [-0.3, -0.25) is 4.98 Å². The molecule has 0 aliphatic carbocycles. The van der Waals surface area contributed by atoms with Crippen LogP contribution in [0.1, 0.15) is 0 Å². The van der Waals surface area contributed by atoms with Crippen molar-refractivity contribution in [2.45, 2.75) is 0 Å². The van der Waals surface area contributed by atoms with Gasteiger partial charge in [0.1, 0.15) is 0 Å². The van der Waals surface area contributed by atoms with E-state index in [1.807, 2.05) is 97.2 Å². The van der Waals surface area contributed by atoms with Gasteiger partial charge in [0.05, 0.1) is 22.6 Å². The normalized spacial score (nSPS) is 11.0. The van der Waals surface area contributed by atoms with Gasteiger partial charge in [-0.15, -0.1) is 0 Å². The molecule has 0 amide bonds. The average molecular weight is 514 g/mol.